The Kier molecular flexibility index (Phi) is 3.44. The van der Waals surface area contributed by atoms with Gasteiger partial charge in [-0.2, -0.15) is 5.26 Å². The van der Waals surface area contributed by atoms with Crippen LogP contribution in [0.3, 0.4) is 0 Å². The first-order valence-electron chi connectivity index (χ1n) is 7.43. The van der Waals surface area contributed by atoms with E-state index in [9.17, 15) is 10.1 Å². The van der Waals surface area contributed by atoms with E-state index in [0.717, 1.165) is 18.4 Å². The summed E-state index contributed by atoms with van der Waals surface area (Å²) in [4.78, 5) is 18.4. The molecular formula is C16H19N3O3. The monoisotopic (exact) mass is 301 g/mol. The van der Waals surface area contributed by atoms with Crippen LogP contribution in [0, 0.1) is 11.3 Å². The number of nitriles is 1. The van der Waals surface area contributed by atoms with E-state index in [1.54, 1.807) is 11.1 Å². The molecule has 0 aromatic carbocycles. The van der Waals surface area contributed by atoms with Gasteiger partial charge in [-0.15, -0.1) is 0 Å². The summed E-state index contributed by atoms with van der Waals surface area (Å²) in [5.74, 6) is 0.554. The Morgan fingerprint density at radius 3 is 2.91 bits per heavy atom. The quantitative estimate of drug-likeness (QED) is 0.736. The second-order valence-electron chi connectivity index (χ2n) is 6.66. The fourth-order valence-corrected chi connectivity index (χ4v) is 3.07. The van der Waals surface area contributed by atoms with Gasteiger partial charge in [0.2, 0.25) is 0 Å². The van der Waals surface area contributed by atoms with Gasteiger partial charge in [-0.25, -0.2) is 4.79 Å². The highest BCUT2D eigenvalue weighted by molar-refractivity contribution is 5.70. The maximum atomic E-state index is 12.6. The molecule has 116 valence electrons. The number of hydrogen-bond donors (Lipinski definition) is 0. The van der Waals surface area contributed by atoms with Crippen molar-refractivity contribution in [2.75, 3.05) is 6.61 Å². The van der Waals surface area contributed by atoms with E-state index in [0.29, 0.717) is 17.9 Å². The van der Waals surface area contributed by atoms with Gasteiger partial charge < -0.3 is 9.47 Å². The van der Waals surface area contributed by atoms with Crippen molar-refractivity contribution in [3.8, 4) is 11.8 Å². The fourth-order valence-electron chi connectivity index (χ4n) is 3.07. The molecule has 0 aliphatic carbocycles. The molecule has 0 N–H and O–H groups in total. The summed E-state index contributed by atoms with van der Waals surface area (Å²) in [7, 11) is 0. The molecule has 2 atom stereocenters. The average Bonchev–Trinajstić information content (AvgIpc) is 2.77. The van der Waals surface area contributed by atoms with Crippen molar-refractivity contribution in [2.24, 2.45) is 0 Å². The summed E-state index contributed by atoms with van der Waals surface area (Å²) in [5.41, 5.74) is 0.665. The number of nitrogens with zero attached hydrogens (tertiary/aromatic N) is 3. The number of hydrogen-bond acceptors (Lipinski definition) is 5. The van der Waals surface area contributed by atoms with E-state index in [4.69, 9.17) is 9.47 Å². The number of pyridine rings is 1. The molecule has 0 spiro atoms. The summed E-state index contributed by atoms with van der Waals surface area (Å²) in [6, 6.07) is 1.93. The van der Waals surface area contributed by atoms with Crippen LogP contribution in [0.4, 0.5) is 4.79 Å². The van der Waals surface area contributed by atoms with Gasteiger partial charge in [0.05, 0.1) is 12.1 Å². The molecule has 1 aromatic rings. The minimum absolute atomic E-state index is 0.0289. The van der Waals surface area contributed by atoms with Crippen molar-refractivity contribution < 1.29 is 14.3 Å². The largest absolute Gasteiger partial charge is 0.490 e. The first-order chi connectivity index (χ1) is 10.4. The van der Waals surface area contributed by atoms with Crippen LogP contribution < -0.4 is 4.74 Å². The highest BCUT2D eigenvalue weighted by Crippen LogP contribution is 2.44. The lowest BCUT2D eigenvalue weighted by molar-refractivity contribution is 0.0125. The zero-order valence-electron chi connectivity index (χ0n) is 13.0. The molecule has 1 amide bonds. The minimum atomic E-state index is -0.542. The Hall–Kier alpha value is -2.29. The van der Waals surface area contributed by atoms with E-state index in [1.165, 1.54) is 6.20 Å². The third kappa shape index (κ3) is 2.47. The molecule has 2 aliphatic heterocycles. The Balaban J connectivity index is 1.98. The maximum absolute atomic E-state index is 12.6. The molecule has 2 bridgehead atoms. The molecular weight excluding hydrogens is 282 g/mol. The van der Waals surface area contributed by atoms with Crippen LogP contribution in [0.2, 0.25) is 0 Å². The van der Waals surface area contributed by atoms with E-state index in [-0.39, 0.29) is 18.2 Å². The van der Waals surface area contributed by atoms with Crippen LogP contribution in [0.15, 0.2) is 12.4 Å². The lowest BCUT2D eigenvalue weighted by Crippen LogP contribution is -2.42. The second kappa shape index (κ2) is 5.16. The standard InChI is InChI=1S/C16H19N3O3/c1-16(2,3)22-15(20)19-11-4-5-13(19)12-8-18-7-10(6-17)14(12)21-9-11/h7-8,11,13H,4-5,9H2,1-3H3/t11-,13+/m1/s1. The van der Waals surface area contributed by atoms with Crippen LogP contribution in [-0.4, -0.2) is 34.2 Å². The first kappa shape index (κ1) is 14.6. The number of carbonyl (C=O) groups is 1. The number of fused-ring (bicyclic) bond motifs is 4. The highest BCUT2D eigenvalue weighted by Gasteiger charge is 2.44. The summed E-state index contributed by atoms with van der Waals surface area (Å²) in [6.07, 6.45) is 4.54. The summed E-state index contributed by atoms with van der Waals surface area (Å²) < 4.78 is 11.3. The van der Waals surface area contributed by atoms with Gasteiger partial charge >= 0.3 is 6.09 Å². The normalized spacial score (nSPS) is 23.1. The van der Waals surface area contributed by atoms with Crippen molar-refractivity contribution in [1.29, 1.82) is 5.26 Å². The Morgan fingerprint density at radius 2 is 2.23 bits per heavy atom. The van der Waals surface area contributed by atoms with E-state index >= 15 is 0 Å². The Labute approximate surface area is 129 Å². The summed E-state index contributed by atoms with van der Waals surface area (Å²) in [6.45, 7) is 5.93. The molecule has 3 heterocycles. The van der Waals surface area contributed by atoms with Crippen LogP contribution in [0.25, 0.3) is 0 Å². The molecule has 1 aromatic heterocycles. The fraction of sp³-hybridized carbons (Fsp3) is 0.562. The number of amides is 1. The topological polar surface area (TPSA) is 75.5 Å². The van der Waals surface area contributed by atoms with Crippen LogP contribution >= 0.6 is 0 Å². The molecule has 0 unspecified atom stereocenters. The first-order valence-corrected chi connectivity index (χ1v) is 7.43. The number of carbonyl (C=O) groups excluding carboxylic acids is 1. The van der Waals surface area contributed by atoms with Crippen molar-refractivity contribution in [3.05, 3.63) is 23.5 Å². The zero-order valence-corrected chi connectivity index (χ0v) is 13.0. The van der Waals surface area contributed by atoms with Crippen LogP contribution in [0.5, 0.6) is 5.75 Å². The van der Waals surface area contributed by atoms with Crippen LogP contribution in [-0.2, 0) is 4.74 Å². The van der Waals surface area contributed by atoms with Crippen molar-refractivity contribution >= 4 is 6.09 Å². The highest BCUT2D eigenvalue weighted by atomic mass is 16.6. The molecule has 1 saturated heterocycles. The lowest BCUT2D eigenvalue weighted by Gasteiger charge is -2.30. The summed E-state index contributed by atoms with van der Waals surface area (Å²) in [5, 5.41) is 9.21. The maximum Gasteiger partial charge on any atom is 0.411 e. The Bertz CT molecular complexity index is 645. The lowest BCUT2D eigenvalue weighted by atomic mass is 10.0. The van der Waals surface area contributed by atoms with Crippen molar-refractivity contribution in [1.82, 2.24) is 9.88 Å². The number of rotatable bonds is 0. The van der Waals surface area contributed by atoms with Gasteiger partial charge in [0.1, 0.15) is 29.6 Å². The van der Waals surface area contributed by atoms with Gasteiger partial charge in [0.15, 0.2) is 0 Å². The average molecular weight is 301 g/mol. The Morgan fingerprint density at radius 1 is 1.45 bits per heavy atom. The molecule has 1 fully saturated rings. The smallest absolute Gasteiger partial charge is 0.411 e. The van der Waals surface area contributed by atoms with Gasteiger partial charge in [-0.3, -0.25) is 9.88 Å². The van der Waals surface area contributed by atoms with Crippen molar-refractivity contribution in [2.45, 2.75) is 51.3 Å². The number of aromatic nitrogens is 1. The number of ether oxygens (including phenoxy) is 2. The van der Waals surface area contributed by atoms with E-state index < -0.39 is 5.60 Å². The molecule has 3 rings (SSSR count). The molecule has 0 saturated carbocycles. The van der Waals surface area contributed by atoms with Gasteiger partial charge in [0.25, 0.3) is 0 Å². The third-order valence-corrected chi connectivity index (χ3v) is 3.93. The van der Waals surface area contributed by atoms with Crippen LogP contribution in [0.1, 0.15) is 50.8 Å². The molecule has 6 nitrogen and oxygen atoms in total. The second-order valence-corrected chi connectivity index (χ2v) is 6.66. The van der Waals surface area contributed by atoms with Crippen molar-refractivity contribution in [3.63, 3.8) is 0 Å². The third-order valence-electron chi connectivity index (χ3n) is 3.93. The molecule has 0 radical (unpaired) electrons. The van der Waals surface area contributed by atoms with E-state index in [1.807, 2.05) is 20.8 Å². The zero-order chi connectivity index (χ0) is 15.9. The van der Waals surface area contributed by atoms with Gasteiger partial charge in [-0.05, 0) is 33.6 Å². The van der Waals surface area contributed by atoms with E-state index in [2.05, 4.69) is 11.1 Å². The predicted molar refractivity (Wildman–Crippen MR) is 78.3 cm³/mol. The van der Waals surface area contributed by atoms with Gasteiger partial charge in [0, 0.05) is 18.0 Å². The molecule has 6 heteroatoms. The predicted octanol–water partition coefficient (Wildman–Crippen LogP) is 2.79. The summed E-state index contributed by atoms with van der Waals surface area (Å²) >= 11 is 0. The van der Waals surface area contributed by atoms with Gasteiger partial charge in [-0.1, -0.05) is 0 Å². The SMILES string of the molecule is CC(C)(C)OC(=O)N1[C@@H]2CC[C@H]1c1cncc(C#N)c1OC2. The molecule has 22 heavy (non-hydrogen) atoms. The minimum Gasteiger partial charge on any atom is -0.490 e. The molecule has 2 aliphatic rings.